The first-order chi connectivity index (χ1) is 18.1. The van der Waals surface area contributed by atoms with Gasteiger partial charge in [0.25, 0.3) is 0 Å². The lowest BCUT2D eigenvalue weighted by Crippen LogP contribution is -2.32. The Morgan fingerprint density at radius 3 is 2.61 bits per heavy atom. The van der Waals surface area contributed by atoms with E-state index in [1.165, 1.54) is 18.5 Å². The molecule has 0 amide bonds. The molecule has 4 N–H and O–H groups in total. The molecule has 200 valence electrons. The molecule has 0 spiro atoms. The molecule has 14 heteroatoms. The van der Waals surface area contributed by atoms with Crippen LogP contribution in [0.2, 0.25) is 0 Å². The molecule has 5 rings (SSSR count). The number of fused-ring (bicyclic) bond motifs is 1. The van der Waals surface area contributed by atoms with Crippen LogP contribution in [-0.4, -0.2) is 47.6 Å². The van der Waals surface area contributed by atoms with E-state index in [2.05, 4.69) is 24.7 Å². The van der Waals surface area contributed by atoms with E-state index in [1.54, 1.807) is 24.3 Å². The molecule has 0 bridgehead atoms. The highest BCUT2D eigenvalue weighted by Gasteiger charge is 2.34. The summed E-state index contributed by atoms with van der Waals surface area (Å²) in [5.74, 6) is -0.505. The third-order valence-corrected chi connectivity index (χ3v) is 7.63. The van der Waals surface area contributed by atoms with Gasteiger partial charge in [-0.1, -0.05) is 36.4 Å². The summed E-state index contributed by atoms with van der Waals surface area (Å²) in [5, 5.41) is 8.81. The van der Waals surface area contributed by atoms with E-state index in [4.69, 9.17) is 10.8 Å². The Kier molecular flexibility index (Phi) is 6.94. The minimum absolute atomic E-state index is 0.118. The van der Waals surface area contributed by atoms with Crippen molar-refractivity contribution in [3.8, 4) is 17.0 Å². The van der Waals surface area contributed by atoms with Gasteiger partial charge in [0.05, 0.1) is 11.4 Å². The Morgan fingerprint density at radius 1 is 1.13 bits per heavy atom. The maximum absolute atomic E-state index is 12.7. The molecule has 2 aromatic carbocycles. The van der Waals surface area contributed by atoms with Crippen molar-refractivity contribution in [3.05, 3.63) is 60.4 Å². The molecule has 0 saturated carbocycles. The van der Waals surface area contributed by atoms with Crippen molar-refractivity contribution in [1.29, 1.82) is 0 Å². The first-order valence-corrected chi connectivity index (χ1v) is 13.2. The minimum Gasteiger partial charge on any atom is -0.404 e. The monoisotopic (exact) mass is 547 g/mol. The molecular formula is C24H24F3N7O3S. The fraction of sp³-hybridized carbons (Fsp3) is 0.292. The highest BCUT2D eigenvalue weighted by molar-refractivity contribution is 7.89. The lowest BCUT2D eigenvalue weighted by Gasteiger charge is -2.23. The van der Waals surface area contributed by atoms with Crippen LogP contribution in [0.25, 0.3) is 22.3 Å². The van der Waals surface area contributed by atoms with Gasteiger partial charge in [-0.3, -0.25) is 0 Å². The van der Waals surface area contributed by atoms with Gasteiger partial charge in [-0.25, -0.2) is 27.8 Å². The number of nitrogens with one attached hydrogen (secondary N) is 2. The molecule has 1 fully saturated rings. The van der Waals surface area contributed by atoms with Crippen LogP contribution in [0.3, 0.4) is 0 Å². The van der Waals surface area contributed by atoms with Gasteiger partial charge in [0.15, 0.2) is 5.65 Å². The lowest BCUT2D eigenvalue weighted by molar-refractivity contribution is -0.275. The third-order valence-electron chi connectivity index (χ3n) is 6.19. The van der Waals surface area contributed by atoms with Gasteiger partial charge >= 0.3 is 6.36 Å². The van der Waals surface area contributed by atoms with Crippen LogP contribution in [0.4, 0.5) is 19.0 Å². The summed E-state index contributed by atoms with van der Waals surface area (Å²) < 4.78 is 71.6. The number of halogens is 3. The van der Waals surface area contributed by atoms with E-state index in [-0.39, 0.29) is 12.6 Å². The van der Waals surface area contributed by atoms with Crippen LogP contribution in [0.1, 0.15) is 24.4 Å². The van der Waals surface area contributed by atoms with Gasteiger partial charge in [-0.15, -0.1) is 13.2 Å². The Hall–Kier alpha value is -3.75. The second-order valence-corrected chi connectivity index (χ2v) is 10.5. The van der Waals surface area contributed by atoms with Crippen LogP contribution in [0.5, 0.6) is 5.75 Å². The zero-order chi connectivity index (χ0) is 26.9. The van der Waals surface area contributed by atoms with Crippen molar-refractivity contribution in [2.75, 3.05) is 18.8 Å². The number of nitrogen functional groups attached to an aromatic ring is 1. The largest absolute Gasteiger partial charge is 0.573 e. The van der Waals surface area contributed by atoms with Gasteiger partial charge in [-0.2, -0.15) is 5.10 Å². The summed E-state index contributed by atoms with van der Waals surface area (Å²) in [6.07, 6.45) is -1.66. The van der Waals surface area contributed by atoms with Crippen molar-refractivity contribution in [1.82, 2.24) is 29.8 Å². The Morgan fingerprint density at radius 2 is 1.89 bits per heavy atom. The number of nitrogens with zero attached hydrogens (tertiary/aromatic N) is 4. The number of nitrogens with two attached hydrogens (primary N) is 1. The molecule has 1 aliphatic heterocycles. The molecule has 38 heavy (non-hydrogen) atoms. The summed E-state index contributed by atoms with van der Waals surface area (Å²) in [6.45, 7) is 1.55. The number of ether oxygens (including phenoxy) is 1. The minimum atomic E-state index is -5.03. The van der Waals surface area contributed by atoms with E-state index < -0.39 is 27.0 Å². The molecule has 2 aromatic heterocycles. The molecule has 1 saturated heterocycles. The summed E-state index contributed by atoms with van der Waals surface area (Å²) in [4.78, 5) is 7.93. The van der Waals surface area contributed by atoms with E-state index in [9.17, 15) is 21.6 Å². The average molecular weight is 548 g/mol. The molecule has 1 atom stereocenters. The van der Waals surface area contributed by atoms with Crippen LogP contribution in [-0.2, 0) is 16.6 Å². The van der Waals surface area contributed by atoms with E-state index in [0.29, 0.717) is 28.1 Å². The number of para-hydroxylation sites is 1. The van der Waals surface area contributed by atoms with E-state index in [0.717, 1.165) is 43.6 Å². The van der Waals surface area contributed by atoms with Crippen molar-refractivity contribution >= 4 is 26.9 Å². The topological polar surface area (TPSA) is 137 Å². The smallest absolute Gasteiger partial charge is 0.404 e. The zero-order valence-corrected chi connectivity index (χ0v) is 20.8. The van der Waals surface area contributed by atoms with Crippen LogP contribution < -0.4 is 20.5 Å². The summed E-state index contributed by atoms with van der Waals surface area (Å²) in [7, 11) is -4.30. The number of rotatable bonds is 7. The van der Waals surface area contributed by atoms with Crippen molar-refractivity contribution in [2.24, 2.45) is 0 Å². The lowest BCUT2D eigenvalue weighted by atomic mass is 10.1. The predicted molar refractivity (Wildman–Crippen MR) is 133 cm³/mol. The Labute approximate surface area is 216 Å². The normalized spacial score (nSPS) is 16.6. The first-order valence-electron chi connectivity index (χ1n) is 11.8. The number of piperidine rings is 1. The maximum Gasteiger partial charge on any atom is 0.573 e. The van der Waals surface area contributed by atoms with Gasteiger partial charge in [0.2, 0.25) is 10.0 Å². The van der Waals surface area contributed by atoms with E-state index >= 15 is 0 Å². The average Bonchev–Trinajstić information content (AvgIpc) is 3.29. The Bertz CT molecular complexity index is 1550. The number of sulfonamides is 1. The number of hydrogen-bond donors (Lipinski definition) is 3. The van der Waals surface area contributed by atoms with E-state index in [1.807, 2.05) is 4.68 Å². The highest BCUT2D eigenvalue weighted by Crippen LogP contribution is 2.33. The SMILES string of the molecule is Nc1ncnc2c1c(-c1ccc(CNS(=O)(=O)c3ccccc3OC(F)(F)F)cc1)nn2[C@@H]1CCCNC1. The Balaban J connectivity index is 1.38. The van der Waals surface area contributed by atoms with Crippen LogP contribution >= 0.6 is 0 Å². The summed E-state index contributed by atoms with van der Waals surface area (Å²) in [5.41, 5.74) is 8.74. The fourth-order valence-electron chi connectivity index (χ4n) is 4.41. The van der Waals surface area contributed by atoms with Gasteiger partial charge in [0.1, 0.15) is 28.5 Å². The van der Waals surface area contributed by atoms with Gasteiger partial charge in [-0.05, 0) is 37.1 Å². The number of hydrogen-bond acceptors (Lipinski definition) is 8. The molecule has 0 unspecified atom stereocenters. The van der Waals surface area contributed by atoms with Crippen molar-refractivity contribution in [2.45, 2.75) is 36.7 Å². The highest BCUT2D eigenvalue weighted by atomic mass is 32.2. The predicted octanol–water partition coefficient (Wildman–Crippen LogP) is 3.38. The second-order valence-electron chi connectivity index (χ2n) is 8.77. The second kappa shape index (κ2) is 10.2. The standard InChI is InChI=1S/C24H24F3N7O3S/c25-24(26,27)37-18-5-1-2-6-19(18)38(35,36)32-12-15-7-9-16(10-8-15)21-20-22(28)30-14-31-23(20)34(33-21)17-4-3-11-29-13-17/h1-2,5-10,14,17,29,32H,3-4,11-13H2,(H2,28,30,31)/t17-/m1/s1. The van der Waals surface area contributed by atoms with Crippen molar-refractivity contribution < 1.29 is 26.3 Å². The maximum atomic E-state index is 12.7. The first kappa shape index (κ1) is 25.9. The number of benzene rings is 2. The molecule has 1 aliphatic rings. The van der Waals surface area contributed by atoms with Crippen LogP contribution in [0, 0.1) is 0 Å². The molecule has 4 aromatic rings. The van der Waals surface area contributed by atoms with Gasteiger partial charge < -0.3 is 15.8 Å². The molecule has 0 radical (unpaired) electrons. The summed E-state index contributed by atoms with van der Waals surface area (Å²) >= 11 is 0. The molecule has 0 aliphatic carbocycles. The molecule has 3 heterocycles. The third kappa shape index (κ3) is 5.42. The number of anilines is 1. The van der Waals surface area contributed by atoms with Crippen molar-refractivity contribution in [3.63, 3.8) is 0 Å². The fourth-order valence-corrected chi connectivity index (χ4v) is 5.56. The number of aromatic nitrogens is 4. The zero-order valence-electron chi connectivity index (χ0n) is 19.9. The number of alkyl halides is 3. The quantitative estimate of drug-likeness (QED) is 0.320. The van der Waals surface area contributed by atoms with Gasteiger partial charge in [0, 0.05) is 18.7 Å². The molecule has 10 nitrogen and oxygen atoms in total. The molecular weight excluding hydrogens is 523 g/mol. The summed E-state index contributed by atoms with van der Waals surface area (Å²) in [6, 6.07) is 11.6. The van der Waals surface area contributed by atoms with Crippen LogP contribution in [0.15, 0.2) is 59.8 Å².